The summed E-state index contributed by atoms with van der Waals surface area (Å²) in [6.45, 7) is 0. The summed E-state index contributed by atoms with van der Waals surface area (Å²) in [5.41, 5.74) is -1.11. The largest absolute Gasteiger partial charge is 0.343 e. The van der Waals surface area contributed by atoms with Gasteiger partial charge in [-0.2, -0.15) is 3.97 Å². The van der Waals surface area contributed by atoms with Crippen LogP contribution in [0, 0.1) is 5.82 Å². The average Bonchev–Trinajstić information content (AvgIpc) is 2.44. The maximum absolute atomic E-state index is 13.8. The van der Waals surface area contributed by atoms with Gasteiger partial charge in [0, 0.05) is 14.1 Å². The van der Waals surface area contributed by atoms with Gasteiger partial charge in [0.15, 0.2) is 11.3 Å². The van der Waals surface area contributed by atoms with Gasteiger partial charge in [-0.05, 0) is 12.1 Å². The molecule has 8 heteroatoms. The minimum Gasteiger partial charge on any atom is -0.278 e. The second-order valence-electron chi connectivity index (χ2n) is 3.98. The third kappa shape index (κ3) is 2.18. The Morgan fingerprint density at radius 3 is 2.35 bits per heavy atom. The van der Waals surface area contributed by atoms with Crippen molar-refractivity contribution in [3.05, 3.63) is 58.3 Å². The van der Waals surface area contributed by atoms with E-state index < -0.39 is 21.5 Å². The van der Waals surface area contributed by atoms with Gasteiger partial charge in [0.05, 0.1) is 11.1 Å². The zero-order chi connectivity index (χ0) is 14.9. The van der Waals surface area contributed by atoms with Crippen LogP contribution < -0.4 is 11.2 Å². The summed E-state index contributed by atoms with van der Waals surface area (Å²) in [5, 5.41) is 0. The molecule has 0 radical (unpaired) electrons. The van der Waals surface area contributed by atoms with Gasteiger partial charge in [0.2, 0.25) is 0 Å². The van der Waals surface area contributed by atoms with Crippen LogP contribution in [0.25, 0.3) is 0 Å². The molecule has 2 rings (SSSR count). The van der Waals surface area contributed by atoms with Crippen molar-refractivity contribution in [1.29, 1.82) is 0 Å². The molecule has 0 aliphatic heterocycles. The first-order valence-electron chi connectivity index (χ1n) is 5.61. The molecule has 0 bridgehead atoms. The van der Waals surface area contributed by atoms with Crippen molar-refractivity contribution in [2.75, 3.05) is 7.05 Å². The number of nitrogens with zero attached hydrogens (tertiary/aromatic N) is 3. The molecule has 0 fully saturated rings. The lowest BCUT2D eigenvalue weighted by molar-refractivity contribution is 0.537. The normalized spacial score (nSPS) is 12.7. The summed E-state index contributed by atoms with van der Waals surface area (Å²) >= 11 is 0. The van der Waals surface area contributed by atoms with Crippen molar-refractivity contribution in [3.8, 4) is 0 Å². The second kappa shape index (κ2) is 5.04. The van der Waals surface area contributed by atoms with E-state index in [9.17, 15) is 17.6 Å². The maximum Gasteiger partial charge on any atom is 0.343 e. The van der Waals surface area contributed by atoms with Gasteiger partial charge in [-0.15, -0.1) is 0 Å². The van der Waals surface area contributed by atoms with Gasteiger partial charge in [-0.25, -0.2) is 17.6 Å². The monoisotopic (exact) mass is 297 g/mol. The first kappa shape index (κ1) is 14.2. The second-order valence-corrected chi connectivity index (χ2v) is 5.79. The van der Waals surface area contributed by atoms with Gasteiger partial charge in [-0.1, -0.05) is 18.2 Å². The molecule has 0 spiro atoms. The Morgan fingerprint density at radius 1 is 1.20 bits per heavy atom. The minimum atomic E-state index is -4.14. The van der Waals surface area contributed by atoms with Crippen LogP contribution in [0.5, 0.6) is 0 Å². The molecule has 0 N–H and O–H groups in total. The molecular formula is C12H12FN3O3S. The quantitative estimate of drug-likeness (QED) is 0.789. The van der Waals surface area contributed by atoms with E-state index in [1.54, 1.807) is 6.07 Å². The number of benzene rings is 1. The molecule has 20 heavy (non-hydrogen) atoms. The predicted octanol–water partition coefficient (Wildman–Crippen LogP) is 0.0934. The standard InChI is InChI=1S/C12H12FN3O3S/c1-14-11-10(13)8-16(12(17)15(11)2)20(18,19)9-6-4-3-5-7-9/h3-8H,1-2H3. The SMILES string of the molecule is CN=c1c(F)cn(S(=O)(=O)c2ccccc2)c(=O)n1C. The van der Waals surface area contributed by atoms with E-state index in [-0.39, 0.29) is 10.4 Å². The highest BCUT2D eigenvalue weighted by molar-refractivity contribution is 7.90. The predicted molar refractivity (Wildman–Crippen MR) is 70.1 cm³/mol. The Hall–Kier alpha value is -2.22. The van der Waals surface area contributed by atoms with E-state index in [2.05, 4.69) is 4.99 Å². The first-order valence-corrected chi connectivity index (χ1v) is 7.05. The van der Waals surface area contributed by atoms with Crippen LogP contribution in [0.4, 0.5) is 4.39 Å². The lowest BCUT2D eigenvalue weighted by Crippen LogP contribution is -2.42. The summed E-state index contributed by atoms with van der Waals surface area (Å²) in [6.07, 6.45) is 0.632. The molecule has 1 heterocycles. The van der Waals surface area contributed by atoms with Crippen molar-refractivity contribution < 1.29 is 12.8 Å². The molecule has 2 aromatic rings. The Kier molecular flexibility index (Phi) is 3.58. The van der Waals surface area contributed by atoms with E-state index in [0.717, 1.165) is 4.57 Å². The maximum atomic E-state index is 13.8. The number of hydrogen-bond acceptors (Lipinski definition) is 4. The molecule has 0 unspecified atom stereocenters. The average molecular weight is 297 g/mol. The highest BCUT2D eigenvalue weighted by Crippen LogP contribution is 2.10. The highest BCUT2D eigenvalue weighted by atomic mass is 32.2. The van der Waals surface area contributed by atoms with Gasteiger partial charge >= 0.3 is 5.69 Å². The van der Waals surface area contributed by atoms with Crippen molar-refractivity contribution in [1.82, 2.24) is 8.54 Å². The van der Waals surface area contributed by atoms with Gasteiger partial charge in [0.25, 0.3) is 10.0 Å². The summed E-state index contributed by atoms with van der Waals surface area (Å²) in [6, 6.07) is 7.34. The molecule has 0 aliphatic carbocycles. The van der Waals surface area contributed by atoms with Crippen molar-refractivity contribution in [2.24, 2.45) is 12.0 Å². The fourth-order valence-corrected chi connectivity index (χ4v) is 3.04. The molecule has 106 valence electrons. The molecule has 0 saturated carbocycles. The number of halogens is 1. The van der Waals surface area contributed by atoms with Gasteiger partial charge in [-0.3, -0.25) is 9.56 Å². The number of aromatic nitrogens is 2. The molecular weight excluding hydrogens is 285 g/mol. The number of rotatable bonds is 2. The molecule has 6 nitrogen and oxygen atoms in total. The fraction of sp³-hybridized carbons (Fsp3) is 0.167. The Balaban J connectivity index is 2.82. The van der Waals surface area contributed by atoms with Gasteiger partial charge in [0.1, 0.15) is 0 Å². The van der Waals surface area contributed by atoms with Crippen molar-refractivity contribution >= 4 is 10.0 Å². The van der Waals surface area contributed by atoms with E-state index in [0.29, 0.717) is 10.2 Å². The lowest BCUT2D eigenvalue weighted by Gasteiger charge is -2.09. The lowest BCUT2D eigenvalue weighted by atomic mass is 10.4. The third-order valence-electron chi connectivity index (χ3n) is 2.75. The molecule has 0 atom stereocenters. The molecule has 0 saturated heterocycles. The van der Waals surface area contributed by atoms with Crippen LogP contribution in [-0.2, 0) is 17.1 Å². The van der Waals surface area contributed by atoms with Crippen LogP contribution in [0.3, 0.4) is 0 Å². The van der Waals surface area contributed by atoms with E-state index in [1.807, 2.05) is 0 Å². The highest BCUT2D eigenvalue weighted by Gasteiger charge is 2.20. The Labute approximate surface area is 114 Å². The third-order valence-corrected chi connectivity index (χ3v) is 4.40. The minimum absolute atomic E-state index is 0.0947. The Bertz CT molecular complexity index is 867. The molecule has 0 amide bonds. The van der Waals surface area contributed by atoms with Crippen LogP contribution in [-0.4, -0.2) is 24.0 Å². The van der Waals surface area contributed by atoms with Crippen molar-refractivity contribution in [3.63, 3.8) is 0 Å². The van der Waals surface area contributed by atoms with Crippen LogP contribution in [0.15, 0.2) is 51.2 Å². The molecule has 1 aromatic heterocycles. The van der Waals surface area contributed by atoms with E-state index >= 15 is 0 Å². The smallest absolute Gasteiger partial charge is 0.278 e. The summed E-state index contributed by atoms with van der Waals surface area (Å²) < 4.78 is 39.6. The summed E-state index contributed by atoms with van der Waals surface area (Å²) in [7, 11) is -1.57. The van der Waals surface area contributed by atoms with Crippen LogP contribution in [0.1, 0.15) is 0 Å². The van der Waals surface area contributed by atoms with E-state index in [4.69, 9.17) is 0 Å². The first-order chi connectivity index (χ1) is 9.39. The molecule has 0 aliphatic rings. The summed E-state index contributed by atoms with van der Waals surface area (Å²) in [4.78, 5) is 15.6. The zero-order valence-corrected chi connectivity index (χ0v) is 11.6. The van der Waals surface area contributed by atoms with E-state index in [1.165, 1.54) is 38.4 Å². The van der Waals surface area contributed by atoms with Crippen LogP contribution in [0.2, 0.25) is 0 Å². The summed E-state index contributed by atoms with van der Waals surface area (Å²) in [5.74, 6) is -0.894. The topological polar surface area (TPSA) is 73.4 Å². The van der Waals surface area contributed by atoms with Gasteiger partial charge < -0.3 is 0 Å². The van der Waals surface area contributed by atoms with Crippen molar-refractivity contribution in [2.45, 2.75) is 4.90 Å². The molecule has 1 aromatic carbocycles. The van der Waals surface area contributed by atoms with Crippen LogP contribution >= 0.6 is 0 Å². The number of hydrogen-bond donors (Lipinski definition) is 0. The zero-order valence-electron chi connectivity index (χ0n) is 10.8. The fourth-order valence-electron chi connectivity index (χ4n) is 1.75. The Morgan fingerprint density at radius 2 is 1.80 bits per heavy atom.